The largest absolute Gasteiger partial charge is 0.292 e. The number of pyridine rings is 1. The normalized spacial score (nSPS) is 10.2. The second-order valence-corrected chi connectivity index (χ2v) is 4.41. The Balaban J connectivity index is 2.17. The Kier molecular flexibility index (Phi) is 3.64. The Morgan fingerprint density at radius 3 is 2.59 bits per heavy atom. The molecule has 1 aromatic heterocycles. The van der Waals surface area contributed by atoms with Crippen LogP contribution in [0.5, 0.6) is 0 Å². The van der Waals surface area contributed by atoms with Crippen molar-refractivity contribution < 1.29 is 9.18 Å². The van der Waals surface area contributed by atoms with E-state index in [0.29, 0.717) is 10.2 Å². The molecule has 0 aliphatic rings. The summed E-state index contributed by atoms with van der Waals surface area (Å²) < 4.78 is 13.4. The number of ketones is 1. The van der Waals surface area contributed by atoms with Gasteiger partial charge in [0.25, 0.3) is 0 Å². The van der Waals surface area contributed by atoms with E-state index in [4.69, 9.17) is 0 Å². The van der Waals surface area contributed by atoms with Crippen molar-refractivity contribution in [1.29, 1.82) is 0 Å². The molecule has 1 aromatic carbocycles. The van der Waals surface area contributed by atoms with E-state index in [2.05, 4.69) is 20.9 Å². The molecule has 1 heterocycles. The zero-order chi connectivity index (χ0) is 12.3. The summed E-state index contributed by atoms with van der Waals surface area (Å²) in [6, 6.07) is 9.41. The quantitative estimate of drug-likeness (QED) is 0.812. The van der Waals surface area contributed by atoms with Gasteiger partial charge in [-0.1, -0.05) is 12.1 Å². The van der Waals surface area contributed by atoms with Crippen LogP contribution in [0.15, 0.2) is 47.1 Å². The fourth-order valence-corrected chi connectivity index (χ4v) is 1.94. The predicted molar refractivity (Wildman–Crippen MR) is 66.4 cm³/mol. The van der Waals surface area contributed by atoms with E-state index in [1.807, 2.05) is 0 Å². The fourth-order valence-electron chi connectivity index (χ4n) is 1.46. The van der Waals surface area contributed by atoms with Crippen molar-refractivity contribution in [1.82, 2.24) is 4.98 Å². The van der Waals surface area contributed by atoms with Crippen LogP contribution in [0.4, 0.5) is 4.39 Å². The Hall–Kier alpha value is -1.55. The minimum Gasteiger partial charge on any atom is -0.292 e. The lowest BCUT2D eigenvalue weighted by atomic mass is 10.1. The first-order valence-corrected chi connectivity index (χ1v) is 5.84. The van der Waals surface area contributed by atoms with E-state index in [1.54, 1.807) is 30.5 Å². The molecule has 0 atom stereocenters. The maximum Gasteiger partial charge on any atom is 0.186 e. The number of halogens is 2. The zero-order valence-electron chi connectivity index (χ0n) is 8.86. The number of carbonyl (C=O) groups excluding carboxylic acids is 1. The topological polar surface area (TPSA) is 30.0 Å². The first-order chi connectivity index (χ1) is 8.16. The molecular weight excluding hydrogens is 285 g/mol. The molecule has 0 radical (unpaired) electrons. The molecule has 0 fully saturated rings. The molecule has 0 spiro atoms. The Morgan fingerprint density at radius 1 is 1.24 bits per heavy atom. The van der Waals surface area contributed by atoms with Crippen molar-refractivity contribution >= 4 is 21.7 Å². The van der Waals surface area contributed by atoms with Gasteiger partial charge in [-0.25, -0.2) is 4.39 Å². The minimum absolute atomic E-state index is 0.0934. The summed E-state index contributed by atoms with van der Waals surface area (Å²) in [5.41, 5.74) is 1.17. The summed E-state index contributed by atoms with van der Waals surface area (Å²) >= 11 is 3.28. The first-order valence-electron chi connectivity index (χ1n) is 5.05. The third-order valence-corrected chi connectivity index (χ3v) is 2.94. The zero-order valence-corrected chi connectivity index (χ0v) is 10.4. The van der Waals surface area contributed by atoms with Crippen LogP contribution >= 0.6 is 15.9 Å². The lowest BCUT2D eigenvalue weighted by Crippen LogP contribution is -2.06. The SMILES string of the molecule is O=C(Cc1ccc(F)cc1)c1ncccc1Br. The van der Waals surface area contributed by atoms with Crippen molar-refractivity contribution in [3.63, 3.8) is 0 Å². The number of rotatable bonds is 3. The summed E-state index contributed by atoms with van der Waals surface area (Å²) in [7, 11) is 0. The highest BCUT2D eigenvalue weighted by molar-refractivity contribution is 9.10. The van der Waals surface area contributed by atoms with Gasteiger partial charge in [0.15, 0.2) is 5.78 Å². The molecule has 0 N–H and O–H groups in total. The van der Waals surface area contributed by atoms with E-state index in [9.17, 15) is 9.18 Å². The summed E-state index contributed by atoms with van der Waals surface area (Å²) in [5.74, 6) is -0.399. The Labute approximate surface area is 107 Å². The van der Waals surface area contributed by atoms with Crippen LogP contribution in [0.3, 0.4) is 0 Å². The van der Waals surface area contributed by atoms with Gasteiger partial charge in [0, 0.05) is 17.1 Å². The third kappa shape index (κ3) is 2.97. The van der Waals surface area contributed by atoms with Gasteiger partial charge in [-0.3, -0.25) is 9.78 Å². The van der Waals surface area contributed by atoms with Gasteiger partial charge >= 0.3 is 0 Å². The number of hydrogen-bond acceptors (Lipinski definition) is 2. The number of carbonyl (C=O) groups is 1. The lowest BCUT2D eigenvalue weighted by Gasteiger charge is -2.02. The highest BCUT2D eigenvalue weighted by atomic mass is 79.9. The first kappa shape index (κ1) is 11.9. The number of benzene rings is 1. The maximum absolute atomic E-state index is 12.7. The van der Waals surface area contributed by atoms with E-state index in [1.165, 1.54) is 12.1 Å². The maximum atomic E-state index is 12.7. The molecule has 0 aliphatic heterocycles. The monoisotopic (exact) mass is 293 g/mol. The molecule has 0 aliphatic carbocycles. The van der Waals surface area contributed by atoms with Gasteiger partial charge in [0.05, 0.1) is 0 Å². The molecule has 2 rings (SSSR count). The van der Waals surface area contributed by atoms with Crippen LogP contribution in [0.2, 0.25) is 0 Å². The van der Waals surface area contributed by atoms with E-state index < -0.39 is 0 Å². The number of nitrogens with zero attached hydrogens (tertiary/aromatic N) is 1. The van der Waals surface area contributed by atoms with E-state index >= 15 is 0 Å². The third-order valence-electron chi connectivity index (χ3n) is 2.30. The summed E-state index contributed by atoms with van der Waals surface area (Å²) in [5, 5.41) is 0. The van der Waals surface area contributed by atoms with Gasteiger partial charge in [-0.15, -0.1) is 0 Å². The molecular formula is C13H9BrFNO. The molecule has 2 aromatic rings. The second-order valence-electron chi connectivity index (χ2n) is 3.56. The molecule has 0 saturated carbocycles. The Bertz CT molecular complexity index is 539. The molecule has 86 valence electrons. The number of Topliss-reactive ketones (excluding diaryl/α,β-unsaturated/α-hetero) is 1. The standard InChI is InChI=1S/C13H9BrFNO/c14-11-2-1-7-16-13(11)12(17)8-9-3-5-10(15)6-4-9/h1-7H,8H2. The minimum atomic E-state index is -0.305. The summed E-state index contributed by atoms with van der Waals surface area (Å²) in [4.78, 5) is 16.0. The average Bonchev–Trinajstić information content (AvgIpc) is 2.32. The van der Waals surface area contributed by atoms with Gasteiger partial charge in [0.2, 0.25) is 0 Å². The molecule has 0 amide bonds. The van der Waals surface area contributed by atoms with Gasteiger partial charge in [0.1, 0.15) is 11.5 Å². The molecule has 0 unspecified atom stereocenters. The summed E-state index contributed by atoms with van der Waals surface area (Å²) in [6.07, 6.45) is 1.79. The predicted octanol–water partition coefficient (Wildman–Crippen LogP) is 3.41. The number of hydrogen-bond donors (Lipinski definition) is 0. The molecule has 4 heteroatoms. The number of aromatic nitrogens is 1. The lowest BCUT2D eigenvalue weighted by molar-refractivity contribution is 0.0987. The van der Waals surface area contributed by atoms with Crippen LogP contribution in [-0.4, -0.2) is 10.8 Å². The van der Waals surface area contributed by atoms with Crippen LogP contribution in [0, 0.1) is 5.82 Å². The second kappa shape index (κ2) is 5.19. The van der Waals surface area contributed by atoms with Gasteiger partial charge < -0.3 is 0 Å². The van der Waals surface area contributed by atoms with E-state index in [-0.39, 0.29) is 18.0 Å². The van der Waals surface area contributed by atoms with Crippen molar-refractivity contribution in [2.24, 2.45) is 0 Å². The van der Waals surface area contributed by atoms with Crippen molar-refractivity contribution in [2.75, 3.05) is 0 Å². The highest BCUT2D eigenvalue weighted by Gasteiger charge is 2.11. The molecule has 2 nitrogen and oxygen atoms in total. The van der Waals surface area contributed by atoms with Gasteiger partial charge in [-0.05, 0) is 45.8 Å². The summed E-state index contributed by atoms with van der Waals surface area (Å²) in [6.45, 7) is 0. The van der Waals surface area contributed by atoms with Crippen LogP contribution in [0.1, 0.15) is 16.1 Å². The smallest absolute Gasteiger partial charge is 0.186 e. The Morgan fingerprint density at radius 2 is 1.94 bits per heavy atom. The van der Waals surface area contributed by atoms with Gasteiger partial charge in [-0.2, -0.15) is 0 Å². The van der Waals surface area contributed by atoms with Crippen molar-refractivity contribution in [3.05, 3.63) is 64.1 Å². The van der Waals surface area contributed by atoms with Crippen LogP contribution in [-0.2, 0) is 6.42 Å². The van der Waals surface area contributed by atoms with Crippen LogP contribution < -0.4 is 0 Å². The molecule has 0 bridgehead atoms. The van der Waals surface area contributed by atoms with E-state index in [0.717, 1.165) is 5.56 Å². The van der Waals surface area contributed by atoms with Crippen LogP contribution in [0.25, 0.3) is 0 Å². The highest BCUT2D eigenvalue weighted by Crippen LogP contribution is 2.16. The molecule has 0 saturated heterocycles. The van der Waals surface area contributed by atoms with Crippen molar-refractivity contribution in [3.8, 4) is 0 Å². The average molecular weight is 294 g/mol. The molecule has 17 heavy (non-hydrogen) atoms. The van der Waals surface area contributed by atoms with Crippen molar-refractivity contribution in [2.45, 2.75) is 6.42 Å². The fraction of sp³-hybridized carbons (Fsp3) is 0.0769.